The molecule has 0 saturated heterocycles. The summed E-state index contributed by atoms with van der Waals surface area (Å²) < 4.78 is 0.975. The summed E-state index contributed by atoms with van der Waals surface area (Å²) in [6, 6.07) is 21.1. The van der Waals surface area contributed by atoms with Gasteiger partial charge < -0.3 is 10.6 Å². The van der Waals surface area contributed by atoms with Crippen molar-refractivity contribution in [3.8, 4) is 0 Å². The van der Waals surface area contributed by atoms with Crippen molar-refractivity contribution >= 4 is 44.1 Å². The van der Waals surface area contributed by atoms with Crippen LogP contribution in [0.15, 0.2) is 71.2 Å². The van der Waals surface area contributed by atoms with Crippen molar-refractivity contribution < 1.29 is 4.79 Å². The predicted molar refractivity (Wildman–Crippen MR) is 90.7 cm³/mol. The van der Waals surface area contributed by atoms with E-state index in [0.717, 1.165) is 26.6 Å². The molecule has 0 unspecified atom stereocenters. The average molecular weight is 341 g/mol. The highest BCUT2D eigenvalue weighted by molar-refractivity contribution is 9.10. The lowest BCUT2D eigenvalue weighted by molar-refractivity contribution is 0.262. The smallest absolute Gasteiger partial charge is 0.308 e. The number of benzene rings is 3. The highest BCUT2D eigenvalue weighted by Gasteiger charge is 2.03. The van der Waals surface area contributed by atoms with E-state index >= 15 is 0 Å². The van der Waals surface area contributed by atoms with Crippen molar-refractivity contribution in [3.63, 3.8) is 0 Å². The molecule has 2 amide bonds. The number of halogens is 1. The summed E-state index contributed by atoms with van der Waals surface area (Å²) in [5.41, 5.74) is 1.51. The van der Waals surface area contributed by atoms with Crippen LogP contribution in [-0.2, 0) is 0 Å². The van der Waals surface area contributed by atoms with Crippen LogP contribution in [0.25, 0.3) is 10.8 Å². The van der Waals surface area contributed by atoms with E-state index in [4.69, 9.17) is 0 Å². The van der Waals surface area contributed by atoms with E-state index in [-0.39, 0.29) is 6.03 Å². The molecule has 0 aliphatic heterocycles. The van der Waals surface area contributed by atoms with Crippen molar-refractivity contribution in [1.29, 1.82) is 0 Å². The number of hydrogen-bond donors (Lipinski definition) is 2. The third kappa shape index (κ3) is 3.41. The van der Waals surface area contributed by atoms with Gasteiger partial charge in [-0.25, -0.2) is 4.79 Å². The number of rotatable bonds is 2. The van der Waals surface area contributed by atoms with Crippen LogP contribution < -0.4 is 10.6 Å². The molecule has 0 saturated carbocycles. The first-order valence-electron chi connectivity index (χ1n) is 6.53. The quantitative estimate of drug-likeness (QED) is 0.657. The monoisotopic (exact) mass is 340 g/mol. The molecular formula is C17H13BrN2O. The largest absolute Gasteiger partial charge is 0.323 e. The molecule has 0 atom stereocenters. The minimum atomic E-state index is -0.257. The Morgan fingerprint density at radius 2 is 1.38 bits per heavy atom. The van der Waals surface area contributed by atoms with Crippen molar-refractivity contribution in [2.75, 3.05) is 10.6 Å². The van der Waals surface area contributed by atoms with Crippen LogP contribution in [0.4, 0.5) is 16.2 Å². The lowest BCUT2D eigenvalue weighted by Gasteiger charge is -2.08. The molecule has 0 aliphatic rings. The van der Waals surface area contributed by atoms with Gasteiger partial charge in [-0.05, 0) is 47.2 Å². The number of amides is 2. The van der Waals surface area contributed by atoms with E-state index in [0.29, 0.717) is 0 Å². The average Bonchev–Trinajstić information content (AvgIpc) is 2.49. The molecule has 0 radical (unpaired) electrons. The molecule has 3 aromatic carbocycles. The lowest BCUT2D eigenvalue weighted by atomic mass is 10.1. The Hall–Kier alpha value is -2.33. The molecule has 3 rings (SSSR count). The van der Waals surface area contributed by atoms with Gasteiger partial charge in [-0.15, -0.1) is 0 Å². The fourth-order valence-electron chi connectivity index (χ4n) is 2.09. The Morgan fingerprint density at radius 1 is 0.762 bits per heavy atom. The second-order valence-electron chi connectivity index (χ2n) is 4.65. The Balaban J connectivity index is 1.72. The van der Waals surface area contributed by atoms with Crippen LogP contribution in [0.5, 0.6) is 0 Å². The number of nitrogens with one attached hydrogen (secondary N) is 2. The van der Waals surface area contributed by atoms with Gasteiger partial charge in [0, 0.05) is 15.8 Å². The summed E-state index contributed by atoms with van der Waals surface area (Å²) >= 11 is 3.36. The predicted octanol–water partition coefficient (Wildman–Crippen LogP) is 5.25. The number of anilines is 2. The standard InChI is InChI=1S/C17H13BrN2O/c18-14-6-9-15(10-7-14)19-17(21)20-16-8-5-12-3-1-2-4-13(12)11-16/h1-11H,(H2,19,20,21). The third-order valence-electron chi connectivity index (χ3n) is 3.11. The van der Waals surface area contributed by atoms with E-state index in [1.165, 1.54) is 0 Å². The summed E-state index contributed by atoms with van der Waals surface area (Å²) in [7, 11) is 0. The van der Waals surface area contributed by atoms with Crippen molar-refractivity contribution in [3.05, 3.63) is 71.2 Å². The topological polar surface area (TPSA) is 41.1 Å². The SMILES string of the molecule is O=C(Nc1ccc(Br)cc1)Nc1ccc2ccccc2c1. The number of urea groups is 1. The highest BCUT2D eigenvalue weighted by atomic mass is 79.9. The van der Waals surface area contributed by atoms with Gasteiger partial charge in [0.15, 0.2) is 0 Å². The third-order valence-corrected chi connectivity index (χ3v) is 3.64. The van der Waals surface area contributed by atoms with Gasteiger partial charge in [-0.3, -0.25) is 0 Å². The number of fused-ring (bicyclic) bond motifs is 1. The molecule has 0 fully saturated rings. The zero-order valence-electron chi connectivity index (χ0n) is 11.1. The second-order valence-corrected chi connectivity index (χ2v) is 5.56. The van der Waals surface area contributed by atoms with Gasteiger partial charge in [0.2, 0.25) is 0 Å². The van der Waals surface area contributed by atoms with Crippen LogP contribution in [0.1, 0.15) is 0 Å². The fourth-order valence-corrected chi connectivity index (χ4v) is 2.36. The maximum Gasteiger partial charge on any atom is 0.323 e. The van der Waals surface area contributed by atoms with Crippen LogP contribution >= 0.6 is 15.9 Å². The number of carbonyl (C=O) groups is 1. The number of carbonyl (C=O) groups excluding carboxylic acids is 1. The summed E-state index contributed by atoms with van der Waals surface area (Å²) in [5, 5.41) is 7.88. The van der Waals surface area contributed by atoms with Crippen molar-refractivity contribution in [2.24, 2.45) is 0 Å². The van der Waals surface area contributed by atoms with Crippen LogP contribution in [0, 0.1) is 0 Å². The molecule has 21 heavy (non-hydrogen) atoms. The first-order chi connectivity index (χ1) is 10.2. The van der Waals surface area contributed by atoms with Crippen molar-refractivity contribution in [1.82, 2.24) is 0 Å². The van der Waals surface area contributed by atoms with E-state index in [1.807, 2.05) is 66.7 Å². The maximum absolute atomic E-state index is 12.0. The van der Waals surface area contributed by atoms with E-state index in [2.05, 4.69) is 26.6 Å². The lowest BCUT2D eigenvalue weighted by Crippen LogP contribution is -2.19. The van der Waals surface area contributed by atoms with Gasteiger partial charge in [-0.2, -0.15) is 0 Å². The Bertz CT molecular complexity index is 784. The molecule has 2 N–H and O–H groups in total. The summed E-state index contributed by atoms with van der Waals surface area (Å²) in [4.78, 5) is 12.0. The Morgan fingerprint density at radius 3 is 2.14 bits per heavy atom. The molecule has 4 heteroatoms. The Kier molecular flexibility index (Phi) is 3.88. The molecule has 0 aliphatic carbocycles. The van der Waals surface area contributed by atoms with E-state index in [1.54, 1.807) is 0 Å². The molecule has 3 nitrogen and oxygen atoms in total. The first-order valence-corrected chi connectivity index (χ1v) is 7.32. The zero-order valence-corrected chi connectivity index (χ0v) is 12.7. The second kappa shape index (κ2) is 5.97. The van der Waals surface area contributed by atoms with Gasteiger partial charge in [0.05, 0.1) is 0 Å². The first kappa shape index (κ1) is 13.6. The van der Waals surface area contributed by atoms with Crippen LogP contribution in [-0.4, -0.2) is 6.03 Å². The van der Waals surface area contributed by atoms with Gasteiger partial charge in [-0.1, -0.05) is 46.3 Å². The van der Waals surface area contributed by atoms with Crippen LogP contribution in [0.3, 0.4) is 0 Å². The van der Waals surface area contributed by atoms with Gasteiger partial charge in [0.25, 0.3) is 0 Å². The van der Waals surface area contributed by atoms with Crippen molar-refractivity contribution in [2.45, 2.75) is 0 Å². The molecule has 104 valence electrons. The minimum Gasteiger partial charge on any atom is -0.308 e. The Labute approximate surface area is 131 Å². The maximum atomic E-state index is 12.0. The highest BCUT2D eigenvalue weighted by Crippen LogP contribution is 2.19. The molecule has 0 spiro atoms. The molecule has 0 aromatic heterocycles. The summed E-state index contributed by atoms with van der Waals surface area (Å²) in [5.74, 6) is 0. The van der Waals surface area contributed by atoms with Crippen LogP contribution in [0.2, 0.25) is 0 Å². The fraction of sp³-hybridized carbons (Fsp3) is 0. The molecule has 0 bridgehead atoms. The van der Waals surface area contributed by atoms with E-state index in [9.17, 15) is 4.79 Å². The summed E-state index contributed by atoms with van der Waals surface area (Å²) in [6.07, 6.45) is 0. The minimum absolute atomic E-state index is 0.257. The molecule has 3 aromatic rings. The molecular weight excluding hydrogens is 328 g/mol. The molecule has 0 heterocycles. The summed E-state index contributed by atoms with van der Waals surface area (Å²) in [6.45, 7) is 0. The van der Waals surface area contributed by atoms with Gasteiger partial charge in [0.1, 0.15) is 0 Å². The number of hydrogen-bond acceptors (Lipinski definition) is 1. The van der Waals surface area contributed by atoms with Gasteiger partial charge >= 0.3 is 6.03 Å². The normalized spacial score (nSPS) is 10.3. The zero-order chi connectivity index (χ0) is 14.7. The van der Waals surface area contributed by atoms with E-state index < -0.39 is 0 Å².